The highest BCUT2D eigenvalue weighted by Gasteiger charge is 2.23. The van der Waals surface area contributed by atoms with Crippen molar-refractivity contribution in [2.24, 2.45) is 11.3 Å². The number of rotatable bonds is 3. The fraction of sp³-hybridized carbons (Fsp3) is 1.00. The van der Waals surface area contributed by atoms with Crippen LogP contribution in [0, 0.1) is 11.3 Å². The van der Waals surface area contributed by atoms with Gasteiger partial charge in [-0.25, -0.2) is 0 Å². The van der Waals surface area contributed by atoms with Crippen molar-refractivity contribution < 1.29 is 5.11 Å². The first-order valence-corrected chi connectivity index (χ1v) is 6.31. The van der Waals surface area contributed by atoms with Gasteiger partial charge in [-0.3, -0.25) is 0 Å². The molecular weight excluding hydrogens is 186 g/mol. The van der Waals surface area contributed by atoms with Crippen LogP contribution in [-0.4, -0.2) is 23.8 Å². The first kappa shape index (κ1) is 13.0. The average Bonchev–Trinajstić information content (AvgIpc) is 2.12. The molecule has 1 aliphatic rings. The minimum atomic E-state index is -0.0458. The standard InChI is InChI=1S/C13H27NO/c1-10(13(2,3)4)14-9-11-6-5-7-12(15)8-11/h10-12,14-15H,5-9H2,1-4H3. The summed E-state index contributed by atoms with van der Waals surface area (Å²) < 4.78 is 0. The topological polar surface area (TPSA) is 32.3 Å². The van der Waals surface area contributed by atoms with E-state index in [-0.39, 0.29) is 6.10 Å². The van der Waals surface area contributed by atoms with Crippen molar-refractivity contribution in [2.75, 3.05) is 6.54 Å². The Labute approximate surface area is 94.5 Å². The van der Waals surface area contributed by atoms with Crippen LogP contribution >= 0.6 is 0 Å². The molecule has 1 aliphatic carbocycles. The van der Waals surface area contributed by atoms with Crippen LogP contribution in [0.25, 0.3) is 0 Å². The van der Waals surface area contributed by atoms with Gasteiger partial charge in [0, 0.05) is 6.04 Å². The zero-order chi connectivity index (χ0) is 11.5. The van der Waals surface area contributed by atoms with E-state index < -0.39 is 0 Å². The van der Waals surface area contributed by atoms with E-state index in [2.05, 4.69) is 33.0 Å². The molecule has 2 N–H and O–H groups in total. The molecule has 90 valence electrons. The molecule has 1 saturated carbocycles. The zero-order valence-electron chi connectivity index (χ0n) is 10.7. The van der Waals surface area contributed by atoms with E-state index >= 15 is 0 Å². The monoisotopic (exact) mass is 213 g/mol. The molecule has 2 nitrogen and oxygen atoms in total. The van der Waals surface area contributed by atoms with Gasteiger partial charge in [0.2, 0.25) is 0 Å². The molecule has 3 unspecified atom stereocenters. The van der Waals surface area contributed by atoms with Crippen LogP contribution in [0.5, 0.6) is 0 Å². The minimum Gasteiger partial charge on any atom is -0.393 e. The second-order valence-electron chi connectivity index (χ2n) is 6.18. The summed E-state index contributed by atoms with van der Waals surface area (Å²) in [6.07, 6.45) is 4.42. The van der Waals surface area contributed by atoms with Crippen molar-refractivity contribution in [3.05, 3.63) is 0 Å². The Bertz CT molecular complexity index is 185. The van der Waals surface area contributed by atoms with Gasteiger partial charge in [0.25, 0.3) is 0 Å². The molecule has 15 heavy (non-hydrogen) atoms. The number of aliphatic hydroxyl groups is 1. The summed E-state index contributed by atoms with van der Waals surface area (Å²) in [5, 5.41) is 13.2. The van der Waals surface area contributed by atoms with E-state index in [0.717, 1.165) is 19.4 Å². The molecule has 0 saturated heterocycles. The van der Waals surface area contributed by atoms with E-state index in [1.54, 1.807) is 0 Å². The molecule has 0 aromatic heterocycles. The largest absolute Gasteiger partial charge is 0.393 e. The van der Waals surface area contributed by atoms with E-state index in [4.69, 9.17) is 0 Å². The second-order valence-corrected chi connectivity index (χ2v) is 6.18. The molecule has 1 fully saturated rings. The maximum Gasteiger partial charge on any atom is 0.0543 e. The molecule has 0 amide bonds. The highest BCUT2D eigenvalue weighted by molar-refractivity contribution is 4.79. The molecule has 0 aromatic carbocycles. The van der Waals surface area contributed by atoms with Crippen molar-refractivity contribution in [1.82, 2.24) is 5.32 Å². The summed E-state index contributed by atoms with van der Waals surface area (Å²) in [4.78, 5) is 0. The fourth-order valence-electron chi connectivity index (χ4n) is 2.10. The molecule has 0 aromatic rings. The van der Waals surface area contributed by atoms with Gasteiger partial charge < -0.3 is 10.4 Å². The molecule has 0 heterocycles. The second kappa shape index (κ2) is 5.31. The minimum absolute atomic E-state index is 0.0458. The van der Waals surface area contributed by atoms with Crippen molar-refractivity contribution in [3.63, 3.8) is 0 Å². The van der Waals surface area contributed by atoms with Crippen LogP contribution in [0.4, 0.5) is 0 Å². The lowest BCUT2D eigenvalue weighted by Gasteiger charge is -2.32. The van der Waals surface area contributed by atoms with E-state index in [9.17, 15) is 5.11 Å². The van der Waals surface area contributed by atoms with Crippen LogP contribution in [0.15, 0.2) is 0 Å². The van der Waals surface area contributed by atoms with Crippen molar-refractivity contribution in [3.8, 4) is 0 Å². The third kappa shape index (κ3) is 4.52. The van der Waals surface area contributed by atoms with Crippen LogP contribution in [0.2, 0.25) is 0 Å². The highest BCUT2D eigenvalue weighted by atomic mass is 16.3. The Kier molecular flexibility index (Phi) is 4.60. The summed E-state index contributed by atoms with van der Waals surface area (Å²) in [6.45, 7) is 10.1. The van der Waals surface area contributed by atoms with Crippen LogP contribution < -0.4 is 5.32 Å². The Hall–Kier alpha value is -0.0800. The summed E-state index contributed by atoms with van der Waals surface area (Å²) >= 11 is 0. The van der Waals surface area contributed by atoms with Crippen LogP contribution in [0.1, 0.15) is 53.4 Å². The van der Waals surface area contributed by atoms with E-state index in [0.29, 0.717) is 17.4 Å². The lowest BCUT2D eigenvalue weighted by atomic mass is 9.85. The van der Waals surface area contributed by atoms with Crippen LogP contribution in [0.3, 0.4) is 0 Å². The SMILES string of the molecule is CC(NCC1CCCC(O)C1)C(C)(C)C. The number of hydrogen-bond donors (Lipinski definition) is 2. The molecule has 0 spiro atoms. The predicted octanol–water partition coefficient (Wildman–Crippen LogP) is 2.56. The van der Waals surface area contributed by atoms with E-state index in [1.165, 1.54) is 12.8 Å². The van der Waals surface area contributed by atoms with Gasteiger partial charge in [0.15, 0.2) is 0 Å². The Balaban J connectivity index is 2.24. The van der Waals surface area contributed by atoms with Crippen molar-refractivity contribution in [2.45, 2.75) is 65.5 Å². The van der Waals surface area contributed by atoms with Gasteiger partial charge in [0.05, 0.1) is 6.10 Å². The Morgan fingerprint density at radius 3 is 2.53 bits per heavy atom. The van der Waals surface area contributed by atoms with Crippen molar-refractivity contribution >= 4 is 0 Å². The molecular formula is C13H27NO. The smallest absolute Gasteiger partial charge is 0.0543 e. The maximum atomic E-state index is 9.58. The van der Waals surface area contributed by atoms with Gasteiger partial charge in [-0.2, -0.15) is 0 Å². The molecule has 1 rings (SSSR count). The molecule has 0 radical (unpaired) electrons. The van der Waals surface area contributed by atoms with Gasteiger partial charge in [0.1, 0.15) is 0 Å². The number of nitrogens with one attached hydrogen (secondary N) is 1. The first-order valence-electron chi connectivity index (χ1n) is 6.31. The number of hydrogen-bond acceptors (Lipinski definition) is 2. The highest BCUT2D eigenvalue weighted by Crippen LogP contribution is 2.25. The normalized spacial score (nSPS) is 30.2. The fourth-order valence-corrected chi connectivity index (χ4v) is 2.10. The lowest BCUT2D eigenvalue weighted by Crippen LogP contribution is -2.41. The maximum absolute atomic E-state index is 9.58. The Morgan fingerprint density at radius 2 is 2.00 bits per heavy atom. The van der Waals surface area contributed by atoms with Gasteiger partial charge >= 0.3 is 0 Å². The van der Waals surface area contributed by atoms with Gasteiger partial charge in [-0.15, -0.1) is 0 Å². The van der Waals surface area contributed by atoms with E-state index in [1.807, 2.05) is 0 Å². The lowest BCUT2D eigenvalue weighted by molar-refractivity contribution is 0.0978. The quantitative estimate of drug-likeness (QED) is 0.755. The summed E-state index contributed by atoms with van der Waals surface area (Å²) in [5.41, 5.74) is 0.327. The summed E-state index contributed by atoms with van der Waals surface area (Å²) in [5.74, 6) is 0.679. The van der Waals surface area contributed by atoms with Crippen LogP contribution in [-0.2, 0) is 0 Å². The third-order valence-corrected chi connectivity index (χ3v) is 3.77. The van der Waals surface area contributed by atoms with Gasteiger partial charge in [-0.1, -0.05) is 27.2 Å². The predicted molar refractivity (Wildman–Crippen MR) is 64.9 cm³/mol. The van der Waals surface area contributed by atoms with Gasteiger partial charge in [-0.05, 0) is 44.1 Å². The zero-order valence-corrected chi connectivity index (χ0v) is 10.7. The third-order valence-electron chi connectivity index (χ3n) is 3.77. The Morgan fingerprint density at radius 1 is 1.33 bits per heavy atom. The molecule has 0 bridgehead atoms. The number of aliphatic hydroxyl groups excluding tert-OH is 1. The summed E-state index contributed by atoms with van der Waals surface area (Å²) in [7, 11) is 0. The molecule has 2 heteroatoms. The first-order chi connectivity index (χ1) is 6.89. The average molecular weight is 213 g/mol. The molecule has 0 aliphatic heterocycles. The van der Waals surface area contributed by atoms with Crippen molar-refractivity contribution in [1.29, 1.82) is 0 Å². The molecule has 3 atom stereocenters. The summed E-state index contributed by atoms with van der Waals surface area (Å²) in [6, 6.07) is 0.538.